The summed E-state index contributed by atoms with van der Waals surface area (Å²) in [6.07, 6.45) is 6.55. The number of benzene rings is 1. The third kappa shape index (κ3) is 1.21. The molecule has 1 aromatic rings. The number of allylic oxidation sites excluding steroid dienone is 2. The summed E-state index contributed by atoms with van der Waals surface area (Å²) in [5.41, 5.74) is 2.77. The van der Waals surface area contributed by atoms with Crippen LogP contribution in [0.5, 0.6) is 0 Å². The topological polar surface area (TPSA) is 0 Å². The minimum absolute atomic E-state index is 0.792. The molecule has 0 aliphatic heterocycles. The number of rotatable bonds is 1. The monoisotopic (exact) mass is 204 g/mol. The fourth-order valence-electron chi connectivity index (χ4n) is 2.85. The molecule has 2 atom stereocenters. The average molecular weight is 205 g/mol. The summed E-state index contributed by atoms with van der Waals surface area (Å²) in [5.74, 6) is 1.63. The number of fused-ring (bicyclic) bond motifs is 2. The molecule has 0 aromatic heterocycles. The van der Waals surface area contributed by atoms with E-state index in [9.17, 15) is 0 Å². The Balaban J connectivity index is 2.04. The van der Waals surface area contributed by atoms with Gasteiger partial charge in [-0.25, -0.2) is 0 Å². The first-order chi connectivity index (χ1) is 6.84. The van der Waals surface area contributed by atoms with Crippen LogP contribution in [0.25, 0.3) is 5.57 Å². The van der Waals surface area contributed by atoms with E-state index in [-0.39, 0.29) is 0 Å². The maximum absolute atomic E-state index is 6.20. The molecule has 0 saturated heterocycles. The summed E-state index contributed by atoms with van der Waals surface area (Å²) in [4.78, 5) is 0. The Morgan fingerprint density at radius 3 is 2.64 bits per heavy atom. The molecule has 0 nitrogen and oxygen atoms in total. The highest BCUT2D eigenvalue weighted by Gasteiger charge is 2.33. The van der Waals surface area contributed by atoms with Gasteiger partial charge in [-0.15, -0.1) is 0 Å². The molecule has 3 rings (SSSR count). The van der Waals surface area contributed by atoms with Crippen LogP contribution in [-0.4, -0.2) is 0 Å². The number of hydrogen-bond donors (Lipinski definition) is 0. The van der Waals surface area contributed by atoms with E-state index in [0.717, 1.165) is 16.9 Å². The van der Waals surface area contributed by atoms with Crippen LogP contribution in [0.15, 0.2) is 30.3 Å². The van der Waals surface area contributed by atoms with Crippen molar-refractivity contribution >= 4 is 17.2 Å². The smallest absolute Gasteiger partial charge is 0.0481 e. The normalized spacial score (nSPS) is 29.4. The van der Waals surface area contributed by atoms with Gasteiger partial charge in [-0.1, -0.05) is 35.9 Å². The first-order valence-electron chi connectivity index (χ1n) is 5.31. The van der Waals surface area contributed by atoms with Crippen LogP contribution in [0.2, 0.25) is 5.02 Å². The predicted molar refractivity (Wildman–Crippen MR) is 60.3 cm³/mol. The van der Waals surface area contributed by atoms with Crippen molar-refractivity contribution < 1.29 is 0 Å². The van der Waals surface area contributed by atoms with Crippen molar-refractivity contribution in [3.05, 3.63) is 40.9 Å². The second-order valence-electron chi connectivity index (χ2n) is 4.37. The summed E-state index contributed by atoms with van der Waals surface area (Å²) in [6.45, 7) is 0. The van der Waals surface area contributed by atoms with Gasteiger partial charge in [0.1, 0.15) is 0 Å². The molecular weight excluding hydrogens is 192 g/mol. The lowest BCUT2D eigenvalue weighted by Crippen LogP contribution is -1.96. The molecular formula is C13H13Cl. The van der Waals surface area contributed by atoms with E-state index in [4.69, 9.17) is 11.6 Å². The fraction of sp³-hybridized carbons (Fsp3) is 0.385. The zero-order valence-corrected chi connectivity index (χ0v) is 8.80. The van der Waals surface area contributed by atoms with Gasteiger partial charge in [-0.05, 0) is 48.3 Å². The zero-order valence-electron chi connectivity index (χ0n) is 8.04. The third-order valence-electron chi connectivity index (χ3n) is 3.51. The Labute approximate surface area is 89.6 Å². The molecule has 1 heteroatoms. The zero-order chi connectivity index (χ0) is 9.54. The van der Waals surface area contributed by atoms with E-state index in [1.807, 2.05) is 12.1 Å². The van der Waals surface area contributed by atoms with Crippen molar-refractivity contribution in [3.63, 3.8) is 0 Å². The first-order valence-corrected chi connectivity index (χ1v) is 5.69. The van der Waals surface area contributed by atoms with Crippen molar-refractivity contribution in [2.75, 3.05) is 0 Å². The molecule has 0 heterocycles. The van der Waals surface area contributed by atoms with E-state index >= 15 is 0 Å². The van der Waals surface area contributed by atoms with Gasteiger partial charge in [0.05, 0.1) is 0 Å². The van der Waals surface area contributed by atoms with Gasteiger partial charge in [0.25, 0.3) is 0 Å². The molecule has 0 spiro atoms. The van der Waals surface area contributed by atoms with E-state index in [1.54, 1.807) is 0 Å². The van der Waals surface area contributed by atoms with Gasteiger partial charge in [0.15, 0.2) is 0 Å². The van der Waals surface area contributed by atoms with E-state index < -0.39 is 0 Å². The SMILES string of the molecule is Clc1ccccc1C1=CC2CCC1C2. The number of hydrogen-bond acceptors (Lipinski definition) is 0. The van der Waals surface area contributed by atoms with Crippen molar-refractivity contribution in [1.29, 1.82) is 0 Å². The van der Waals surface area contributed by atoms with Gasteiger partial charge >= 0.3 is 0 Å². The van der Waals surface area contributed by atoms with Crippen LogP contribution in [0.3, 0.4) is 0 Å². The molecule has 1 saturated carbocycles. The summed E-state index contributed by atoms with van der Waals surface area (Å²) < 4.78 is 0. The largest absolute Gasteiger partial charge is 0.0837 e. The Hall–Kier alpha value is -0.750. The highest BCUT2D eigenvalue weighted by molar-refractivity contribution is 6.32. The second kappa shape index (κ2) is 3.13. The quantitative estimate of drug-likeness (QED) is 0.645. The molecule has 72 valence electrons. The molecule has 1 fully saturated rings. The van der Waals surface area contributed by atoms with Crippen LogP contribution < -0.4 is 0 Å². The number of halogens is 1. The Kier molecular flexibility index (Phi) is 1.91. The van der Waals surface area contributed by atoms with Crippen molar-refractivity contribution in [1.82, 2.24) is 0 Å². The van der Waals surface area contributed by atoms with Crippen LogP contribution >= 0.6 is 11.6 Å². The van der Waals surface area contributed by atoms with Gasteiger partial charge in [-0.2, -0.15) is 0 Å². The first kappa shape index (κ1) is 8.55. The van der Waals surface area contributed by atoms with Gasteiger partial charge in [-0.3, -0.25) is 0 Å². The van der Waals surface area contributed by atoms with E-state index in [0.29, 0.717) is 0 Å². The van der Waals surface area contributed by atoms with Crippen LogP contribution in [0.4, 0.5) is 0 Å². The van der Waals surface area contributed by atoms with Gasteiger partial charge in [0, 0.05) is 5.02 Å². The molecule has 1 aromatic carbocycles. The highest BCUT2D eigenvalue weighted by Crippen LogP contribution is 2.48. The molecule has 2 aliphatic rings. The minimum Gasteiger partial charge on any atom is -0.0837 e. The summed E-state index contributed by atoms with van der Waals surface area (Å²) in [5, 5.41) is 0.909. The van der Waals surface area contributed by atoms with Crippen LogP contribution in [0.1, 0.15) is 24.8 Å². The van der Waals surface area contributed by atoms with E-state index in [2.05, 4.69) is 18.2 Å². The van der Waals surface area contributed by atoms with Gasteiger partial charge in [0.2, 0.25) is 0 Å². The average Bonchev–Trinajstić information content (AvgIpc) is 2.79. The minimum atomic E-state index is 0.792. The van der Waals surface area contributed by atoms with Gasteiger partial charge < -0.3 is 0 Å². The lowest BCUT2D eigenvalue weighted by atomic mass is 9.92. The molecule has 0 amide bonds. The fourth-order valence-corrected chi connectivity index (χ4v) is 3.09. The lowest BCUT2D eigenvalue weighted by molar-refractivity contribution is 0.695. The van der Waals surface area contributed by atoms with Crippen molar-refractivity contribution in [2.24, 2.45) is 11.8 Å². The molecule has 2 aliphatic carbocycles. The predicted octanol–water partition coefficient (Wildman–Crippen LogP) is 4.15. The van der Waals surface area contributed by atoms with Crippen LogP contribution in [0, 0.1) is 11.8 Å². The molecule has 0 radical (unpaired) electrons. The summed E-state index contributed by atoms with van der Waals surface area (Å²) in [7, 11) is 0. The Bertz CT molecular complexity index is 392. The Morgan fingerprint density at radius 1 is 1.14 bits per heavy atom. The second-order valence-corrected chi connectivity index (χ2v) is 4.78. The summed E-state index contributed by atoms with van der Waals surface area (Å²) in [6, 6.07) is 8.21. The molecule has 0 N–H and O–H groups in total. The molecule has 2 bridgehead atoms. The Morgan fingerprint density at radius 2 is 2.00 bits per heavy atom. The highest BCUT2D eigenvalue weighted by atomic mass is 35.5. The molecule has 2 unspecified atom stereocenters. The van der Waals surface area contributed by atoms with Crippen molar-refractivity contribution in [2.45, 2.75) is 19.3 Å². The lowest BCUT2D eigenvalue weighted by Gasteiger charge is -2.14. The molecule has 14 heavy (non-hydrogen) atoms. The maximum Gasteiger partial charge on any atom is 0.0481 e. The van der Waals surface area contributed by atoms with E-state index in [1.165, 1.54) is 30.4 Å². The summed E-state index contributed by atoms with van der Waals surface area (Å²) >= 11 is 6.20. The third-order valence-corrected chi connectivity index (χ3v) is 3.84. The van der Waals surface area contributed by atoms with Crippen LogP contribution in [-0.2, 0) is 0 Å². The maximum atomic E-state index is 6.20. The van der Waals surface area contributed by atoms with Crippen molar-refractivity contribution in [3.8, 4) is 0 Å². The standard InChI is InChI=1S/C13H13Cl/c14-13-4-2-1-3-11(13)12-8-9-5-6-10(12)7-9/h1-4,8-10H,5-7H2.